The summed E-state index contributed by atoms with van der Waals surface area (Å²) in [5.41, 5.74) is 0. The summed E-state index contributed by atoms with van der Waals surface area (Å²) in [4.78, 5) is 11.8. The molecule has 1 aromatic heterocycles. The first-order chi connectivity index (χ1) is 10.7. The molecule has 0 bridgehead atoms. The Balaban J connectivity index is 2.33. The van der Waals surface area contributed by atoms with Crippen molar-refractivity contribution in [1.29, 1.82) is 0 Å². The molecule has 7 heteroatoms. The minimum absolute atomic E-state index is 0.0496. The minimum Gasteiger partial charge on any atom is -0.469 e. The molecule has 1 N–H and O–H groups in total. The van der Waals surface area contributed by atoms with E-state index in [1.165, 1.54) is 0 Å². The summed E-state index contributed by atoms with van der Waals surface area (Å²) in [7, 11) is -2.60. The molecule has 0 aliphatic rings. The highest BCUT2D eigenvalue weighted by atomic mass is 28.4. The number of carbonyl (C=O) groups is 1. The molecule has 0 saturated carbocycles. The smallest absolute Gasteiger partial charge is 0.469 e. The van der Waals surface area contributed by atoms with Crippen molar-refractivity contribution in [2.45, 2.75) is 39.7 Å². The maximum atomic E-state index is 11.8. The van der Waals surface area contributed by atoms with Crippen LogP contribution >= 0.6 is 0 Å². The van der Waals surface area contributed by atoms with Gasteiger partial charge in [0.05, 0.1) is 12.7 Å². The Bertz CT molecular complexity index is 393. The summed E-state index contributed by atoms with van der Waals surface area (Å²) in [6, 6.07) is 4.26. The first-order valence-corrected chi connectivity index (χ1v) is 9.80. The van der Waals surface area contributed by atoms with Crippen molar-refractivity contribution in [2.24, 2.45) is 0 Å². The zero-order valence-electron chi connectivity index (χ0n) is 13.7. The van der Waals surface area contributed by atoms with Gasteiger partial charge in [0.15, 0.2) is 0 Å². The lowest BCUT2D eigenvalue weighted by Gasteiger charge is -2.28. The Kier molecular flexibility index (Phi) is 9.06. The highest BCUT2D eigenvalue weighted by Gasteiger charge is 2.39. The van der Waals surface area contributed by atoms with E-state index in [1.54, 1.807) is 18.4 Å². The molecule has 0 radical (unpaired) electrons. The van der Waals surface area contributed by atoms with E-state index in [9.17, 15) is 4.79 Å². The predicted molar refractivity (Wildman–Crippen MR) is 85.5 cm³/mol. The monoisotopic (exact) mass is 329 g/mol. The molecular weight excluding hydrogens is 302 g/mol. The highest BCUT2D eigenvalue weighted by Crippen LogP contribution is 2.17. The van der Waals surface area contributed by atoms with Crippen molar-refractivity contribution in [3.8, 4) is 0 Å². The van der Waals surface area contributed by atoms with Crippen LogP contribution in [0.25, 0.3) is 0 Å². The summed E-state index contributed by atoms with van der Waals surface area (Å²) < 4.78 is 22.5. The normalized spacial score (nSPS) is 11.6. The number of hydrogen-bond donors (Lipinski definition) is 1. The third kappa shape index (κ3) is 6.74. The van der Waals surface area contributed by atoms with E-state index in [1.807, 2.05) is 20.8 Å². The standard InChI is InChI=1S/C15H27NO5Si/c1-4-19-22(20-5-2,21-6-3)12-8-10-16-15(17)13-14-9-7-11-18-14/h7,9,11H,4-6,8,10,12-13H2,1-3H3,(H,16,17). The molecule has 1 heterocycles. The third-order valence-corrected chi connectivity index (χ3v) is 6.14. The van der Waals surface area contributed by atoms with Gasteiger partial charge in [-0.25, -0.2) is 0 Å². The SMILES string of the molecule is CCO[Si](CCCNC(=O)Cc1ccco1)(OCC)OCC. The Morgan fingerprint density at radius 2 is 1.82 bits per heavy atom. The molecular formula is C15H27NO5Si. The van der Waals surface area contributed by atoms with E-state index in [0.29, 0.717) is 38.2 Å². The molecule has 0 aliphatic heterocycles. The maximum Gasteiger partial charge on any atom is 0.500 e. The Morgan fingerprint density at radius 3 is 2.32 bits per heavy atom. The number of nitrogens with one attached hydrogen (secondary N) is 1. The third-order valence-electron chi connectivity index (χ3n) is 2.99. The lowest BCUT2D eigenvalue weighted by molar-refractivity contribution is -0.120. The van der Waals surface area contributed by atoms with Crippen molar-refractivity contribution in [1.82, 2.24) is 5.32 Å². The van der Waals surface area contributed by atoms with Crippen LogP contribution in [0.4, 0.5) is 0 Å². The lowest BCUT2D eigenvalue weighted by Crippen LogP contribution is -2.46. The van der Waals surface area contributed by atoms with Crippen molar-refractivity contribution in [3.05, 3.63) is 24.2 Å². The number of furan rings is 1. The summed E-state index contributed by atoms with van der Waals surface area (Å²) >= 11 is 0. The van der Waals surface area contributed by atoms with E-state index >= 15 is 0 Å². The largest absolute Gasteiger partial charge is 0.500 e. The van der Waals surface area contributed by atoms with Gasteiger partial charge in [0, 0.05) is 32.4 Å². The molecule has 0 saturated heterocycles. The van der Waals surface area contributed by atoms with Gasteiger partial charge in [0.2, 0.25) is 5.91 Å². The Hall–Kier alpha value is -1.15. The topological polar surface area (TPSA) is 69.9 Å². The summed E-state index contributed by atoms with van der Waals surface area (Å²) in [6.07, 6.45) is 2.59. The predicted octanol–water partition coefficient (Wildman–Crippen LogP) is 2.38. The quantitative estimate of drug-likeness (QED) is 0.471. The number of rotatable bonds is 12. The molecule has 1 amide bonds. The van der Waals surface area contributed by atoms with Gasteiger partial charge >= 0.3 is 8.80 Å². The van der Waals surface area contributed by atoms with Gasteiger partial charge in [-0.3, -0.25) is 4.79 Å². The fourth-order valence-corrected chi connectivity index (χ4v) is 4.78. The van der Waals surface area contributed by atoms with Crippen LogP contribution in [0.3, 0.4) is 0 Å². The molecule has 0 fully saturated rings. The van der Waals surface area contributed by atoms with Crippen LogP contribution in [-0.2, 0) is 24.5 Å². The van der Waals surface area contributed by atoms with Gasteiger partial charge in [0.1, 0.15) is 5.76 Å². The molecule has 6 nitrogen and oxygen atoms in total. The van der Waals surface area contributed by atoms with Gasteiger partial charge in [-0.2, -0.15) is 0 Å². The zero-order chi connectivity index (χ0) is 16.3. The van der Waals surface area contributed by atoms with E-state index in [-0.39, 0.29) is 12.3 Å². The van der Waals surface area contributed by atoms with Crippen LogP contribution in [0.15, 0.2) is 22.8 Å². The van der Waals surface area contributed by atoms with Crippen LogP contribution in [-0.4, -0.2) is 41.1 Å². The van der Waals surface area contributed by atoms with Crippen LogP contribution in [0, 0.1) is 0 Å². The van der Waals surface area contributed by atoms with Crippen molar-refractivity contribution in [2.75, 3.05) is 26.4 Å². The fourth-order valence-electron chi connectivity index (χ4n) is 2.17. The van der Waals surface area contributed by atoms with E-state index in [0.717, 1.165) is 6.42 Å². The van der Waals surface area contributed by atoms with Gasteiger partial charge < -0.3 is 23.0 Å². The van der Waals surface area contributed by atoms with Gasteiger partial charge in [0.25, 0.3) is 0 Å². The lowest BCUT2D eigenvalue weighted by atomic mass is 10.3. The first kappa shape index (κ1) is 18.9. The fraction of sp³-hybridized carbons (Fsp3) is 0.667. The average Bonchev–Trinajstić information content (AvgIpc) is 2.97. The number of amides is 1. The van der Waals surface area contributed by atoms with Gasteiger partial charge in [-0.05, 0) is 39.3 Å². The summed E-state index contributed by atoms with van der Waals surface area (Å²) in [6.45, 7) is 8.08. The molecule has 1 aromatic rings. The zero-order valence-corrected chi connectivity index (χ0v) is 14.7. The molecule has 22 heavy (non-hydrogen) atoms. The Morgan fingerprint density at radius 1 is 1.18 bits per heavy atom. The first-order valence-electron chi connectivity index (χ1n) is 7.86. The molecule has 126 valence electrons. The molecule has 0 spiro atoms. The Labute approximate surface area is 133 Å². The van der Waals surface area contributed by atoms with E-state index in [4.69, 9.17) is 17.7 Å². The number of carbonyl (C=O) groups excluding carboxylic acids is 1. The maximum absolute atomic E-state index is 11.8. The second-order valence-electron chi connectivity index (χ2n) is 4.69. The second kappa shape index (κ2) is 10.6. The molecule has 0 aromatic carbocycles. The highest BCUT2D eigenvalue weighted by molar-refractivity contribution is 6.60. The van der Waals surface area contributed by atoms with E-state index < -0.39 is 8.80 Å². The van der Waals surface area contributed by atoms with Crippen molar-refractivity contribution < 1.29 is 22.5 Å². The minimum atomic E-state index is -2.60. The summed E-state index contributed by atoms with van der Waals surface area (Å²) in [5, 5.41) is 2.88. The van der Waals surface area contributed by atoms with Crippen molar-refractivity contribution >= 4 is 14.7 Å². The average molecular weight is 329 g/mol. The second-order valence-corrected chi connectivity index (χ2v) is 7.42. The van der Waals surface area contributed by atoms with Crippen LogP contribution in [0.1, 0.15) is 33.0 Å². The van der Waals surface area contributed by atoms with Crippen molar-refractivity contribution in [3.63, 3.8) is 0 Å². The molecule has 1 rings (SSSR count). The van der Waals surface area contributed by atoms with Crippen LogP contribution < -0.4 is 5.32 Å². The van der Waals surface area contributed by atoms with Gasteiger partial charge in [-0.1, -0.05) is 0 Å². The van der Waals surface area contributed by atoms with Gasteiger partial charge in [-0.15, -0.1) is 0 Å². The molecule has 0 unspecified atom stereocenters. The van der Waals surface area contributed by atoms with E-state index in [2.05, 4.69) is 5.32 Å². The molecule has 0 aliphatic carbocycles. The summed E-state index contributed by atoms with van der Waals surface area (Å²) in [5.74, 6) is 0.616. The molecule has 0 atom stereocenters. The number of hydrogen-bond acceptors (Lipinski definition) is 5. The van der Waals surface area contributed by atoms with Crippen LogP contribution in [0.5, 0.6) is 0 Å². The van der Waals surface area contributed by atoms with Crippen LogP contribution in [0.2, 0.25) is 6.04 Å².